The van der Waals surface area contributed by atoms with Crippen molar-refractivity contribution in [2.45, 2.75) is 26.4 Å². The quantitative estimate of drug-likeness (QED) is 0.867. The normalized spacial score (nSPS) is 10.9. The van der Waals surface area contributed by atoms with Gasteiger partial charge in [-0.05, 0) is 26.8 Å². The molecule has 0 aromatic heterocycles. The van der Waals surface area contributed by atoms with E-state index in [1.165, 1.54) is 0 Å². The van der Waals surface area contributed by atoms with E-state index in [0.717, 1.165) is 13.2 Å². The minimum absolute atomic E-state index is 0.225. The Bertz CT molecular complexity index is 538. The molecular weight excluding hydrogens is 272 g/mol. The average molecular weight is 287 g/mol. The standard InChI is InChI=1S/C13H15F2NO4/c1-13(2,3)20-12(18)16-8-5-7(6-17)11(19-4)10(15)9(8)14/h5-6H,1-4H3,(H,16,18). The van der Waals surface area contributed by atoms with Crippen molar-refractivity contribution < 1.29 is 27.8 Å². The van der Waals surface area contributed by atoms with E-state index in [-0.39, 0.29) is 5.56 Å². The highest BCUT2D eigenvalue weighted by molar-refractivity contribution is 5.88. The van der Waals surface area contributed by atoms with Crippen LogP contribution in [0.5, 0.6) is 5.75 Å². The summed E-state index contributed by atoms with van der Waals surface area (Å²) in [4.78, 5) is 22.3. The maximum Gasteiger partial charge on any atom is 0.412 e. The van der Waals surface area contributed by atoms with Crippen LogP contribution in [0.1, 0.15) is 31.1 Å². The fourth-order valence-electron chi connectivity index (χ4n) is 1.43. The average Bonchev–Trinajstić information content (AvgIpc) is 2.32. The second-order valence-corrected chi connectivity index (χ2v) is 4.92. The number of anilines is 1. The van der Waals surface area contributed by atoms with Gasteiger partial charge in [-0.1, -0.05) is 0 Å². The summed E-state index contributed by atoms with van der Waals surface area (Å²) in [7, 11) is 1.10. The summed E-state index contributed by atoms with van der Waals surface area (Å²) in [5.41, 5.74) is -1.52. The third-order valence-corrected chi connectivity index (χ3v) is 2.16. The summed E-state index contributed by atoms with van der Waals surface area (Å²) in [6.45, 7) is 4.86. The van der Waals surface area contributed by atoms with Gasteiger partial charge in [-0.2, -0.15) is 4.39 Å². The van der Waals surface area contributed by atoms with Crippen molar-refractivity contribution >= 4 is 18.1 Å². The molecule has 0 spiro atoms. The van der Waals surface area contributed by atoms with Crippen molar-refractivity contribution in [2.24, 2.45) is 0 Å². The second-order valence-electron chi connectivity index (χ2n) is 4.92. The number of ether oxygens (including phenoxy) is 2. The summed E-state index contributed by atoms with van der Waals surface area (Å²) < 4.78 is 36.9. The Kier molecular flexibility index (Phi) is 4.65. The maximum atomic E-state index is 13.7. The van der Waals surface area contributed by atoms with Gasteiger partial charge in [0, 0.05) is 0 Å². The number of benzene rings is 1. The van der Waals surface area contributed by atoms with Gasteiger partial charge in [0.1, 0.15) is 5.60 Å². The van der Waals surface area contributed by atoms with Gasteiger partial charge in [0.15, 0.2) is 17.9 Å². The molecular formula is C13H15F2NO4. The number of carbonyl (C=O) groups excluding carboxylic acids is 2. The van der Waals surface area contributed by atoms with Gasteiger partial charge < -0.3 is 9.47 Å². The molecule has 0 heterocycles. The van der Waals surface area contributed by atoms with Crippen LogP contribution in [-0.4, -0.2) is 25.1 Å². The molecule has 0 saturated carbocycles. The first kappa shape index (κ1) is 15.9. The minimum Gasteiger partial charge on any atom is -0.493 e. The molecule has 0 aliphatic carbocycles. The number of rotatable bonds is 3. The molecule has 110 valence electrons. The van der Waals surface area contributed by atoms with Crippen LogP contribution in [-0.2, 0) is 4.74 Å². The minimum atomic E-state index is -1.36. The molecule has 5 nitrogen and oxygen atoms in total. The molecule has 0 radical (unpaired) electrons. The highest BCUT2D eigenvalue weighted by Gasteiger charge is 2.22. The molecule has 1 N–H and O–H groups in total. The van der Waals surface area contributed by atoms with E-state index in [4.69, 9.17) is 4.74 Å². The van der Waals surface area contributed by atoms with Crippen LogP contribution in [0.3, 0.4) is 0 Å². The zero-order chi connectivity index (χ0) is 15.5. The highest BCUT2D eigenvalue weighted by Crippen LogP contribution is 2.29. The van der Waals surface area contributed by atoms with Crippen LogP contribution in [0.15, 0.2) is 6.07 Å². The third-order valence-electron chi connectivity index (χ3n) is 2.16. The fourth-order valence-corrected chi connectivity index (χ4v) is 1.43. The highest BCUT2D eigenvalue weighted by atomic mass is 19.2. The number of amides is 1. The summed E-state index contributed by atoms with van der Waals surface area (Å²) in [6.07, 6.45) is -0.667. The van der Waals surface area contributed by atoms with Crippen LogP contribution in [0.2, 0.25) is 0 Å². The first-order valence-corrected chi connectivity index (χ1v) is 5.70. The van der Waals surface area contributed by atoms with Crippen molar-refractivity contribution in [3.8, 4) is 5.75 Å². The number of hydrogen-bond donors (Lipinski definition) is 1. The van der Waals surface area contributed by atoms with E-state index >= 15 is 0 Å². The lowest BCUT2D eigenvalue weighted by atomic mass is 10.1. The molecule has 1 rings (SSSR count). The second kappa shape index (κ2) is 5.85. The van der Waals surface area contributed by atoms with E-state index in [1.54, 1.807) is 20.8 Å². The lowest BCUT2D eigenvalue weighted by molar-refractivity contribution is 0.0635. The molecule has 0 saturated heterocycles. The Morgan fingerprint density at radius 1 is 1.30 bits per heavy atom. The fraction of sp³-hybridized carbons (Fsp3) is 0.385. The zero-order valence-corrected chi connectivity index (χ0v) is 11.5. The molecule has 0 unspecified atom stereocenters. The SMILES string of the molecule is COc1c(C=O)cc(NC(=O)OC(C)(C)C)c(F)c1F. The molecule has 0 atom stereocenters. The van der Waals surface area contributed by atoms with Crippen molar-refractivity contribution in [3.05, 3.63) is 23.3 Å². The topological polar surface area (TPSA) is 64.6 Å². The smallest absolute Gasteiger partial charge is 0.412 e. The van der Waals surface area contributed by atoms with Crippen molar-refractivity contribution in [2.75, 3.05) is 12.4 Å². The van der Waals surface area contributed by atoms with Crippen molar-refractivity contribution in [1.29, 1.82) is 0 Å². The molecule has 0 aliphatic heterocycles. The molecule has 1 aromatic carbocycles. The monoisotopic (exact) mass is 287 g/mol. The van der Waals surface area contributed by atoms with Crippen molar-refractivity contribution in [3.63, 3.8) is 0 Å². The predicted octanol–water partition coefficient (Wildman–Crippen LogP) is 3.13. The van der Waals surface area contributed by atoms with Crippen LogP contribution in [0.25, 0.3) is 0 Å². The first-order valence-electron chi connectivity index (χ1n) is 5.70. The van der Waals surface area contributed by atoms with Crippen LogP contribution < -0.4 is 10.1 Å². The van der Waals surface area contributed by atoms with Crippen LogP contribution in [0, 0.1) is 11.6 Å². The molecule has 1 amide bonds. The molecule has 0 aliphatic rings. The molecule has 20 heavy (non-hydrogen) atoms. The summed E-state index contributed by atoms with van der Waals surface area (Å²) in [5, 5.41) is 2.04. The van der Waals surface area contributed by atoms with Gasteiger partial charge in [0.05, 0.1) is 18.4 Å². The van der Waals surface area contributed by atoms with Gasteiger partial charge in [0.25, 0.3) is 0 Å². The van der Waals surface area contributed by atoms with Crippen LogP contribution in [0.4, 0.5) is 19.3 Å². The largest absolute Gasteiger partial charge is 0.493 e. The van der Waals surface area contributed by atoms with Crippen LogP contribution >= 0.6 is 0 Å². The maximum absolute atomic E-state index is 13.7. The summed E-state index contributed by atoms with van der Waals surface area (Å²) in [5.74, 6) is -3.21. The molecule has 0 fully saturated rings. The lowest BCUT2D eigenvalue weighted by Gasteiger charge is -2.20. The number of hydrogen-bond acceptors (Lipinski definition) is 4. The van der Waals surface area contributed by atoms with E-state index in [1.807, 2.05) is 5.32 Å². The third kappa shape index (κ3) is 3.66. The van der Waals surface area contributed by atoms with E-state index < -0.39 is 34.8 Å². The predicted molar refractivity (Wildman–Crippen MR) is 68.2 cm³/mol. The van der Waals surface area contributed by atoms with Crippen molar-refractivity contribution in [1.82, 2.24) is 0 Å². The zero-order valence-electron chi connectivity index (χ0n) is 11.5. The lowest BCUT2D eigenvalue weighted by Crippen LogP contribution is -2.27. The van der Waals surface area contributed by atoms with Gasteiger partial charge >= 0.3 is 6.09 Å². The number of nitrogens with one attached hydrogen (secondary N) is 1. The Labute approximate surface area is 114 Å². The number of aldehydes is 1. The molecule has 0 bridgehead atoms. The van der Waals surface area contributed by atoms with Gasteiger partial charge in [-0.25, -0.2) is 9.18 Å². The van der Waals surface area contributed by atoms with Gasteiger partial charge in [-0.3, -0.25) is 10.1 Å². The van der Waals surface area contributed by atoms with E-state index in [9.17, 15) is 18.4 Å². The Morgan fingerprint density at radius 3 is 2.35 bits per heavy atom. The molecule has 7 heteroatoms. The first-order chi connectivity index (χ1) is 9.19. The Hall–Kier alpha value is -2.18. The van der Waals surface area contributed by atoms with E-state index in [0.29, 0.717) is 6.29 Å². The number of methoxy groups -OCH3 is 1. The Morgan fingerprint density at radius 2 is 1.90 bits per heavy atom. The Balaban J connectivity index is 3.11. The van der Waals surface area contributed by atoms with Gasteiger partial charge in [-0.15, -0.1) is 0 Å². The summed E-state index contributed by atoms with van der Waals surface area (Å²) in [6, 6.07) is 0.966. The van der Waals surface area contributed by atoms with Gasteiger partial charge in [0.2, 0.25) is 5.82 Å². The van der Waals surface area contributed by atoms with E-state index in [2.05, 4.69) is 4.74 Å². The molecule has 1 aromatic rings. The summed E-state index contributed by atoms with van der Waals surface area (Å²) >= 11 is 0. The number of halogens is 2. The number of carbonyl (C=O) groups is 2.